The minimum absolute atomic E-state index is 0.0393. The highest BCUT2D eigenvalue weighted by Crippen LogP contribution is 2.28. The second-order valence-electron chi connectivity index (χ2n) is 9.54. The zero-order valence-corrected chi connectivity index (χ0v) is 21.6. The lowest BCUT2D eigenvalue weighted by Gasteiger charge is -2.25. The number of aryl methyl sites for hydroxylation is 1. The van der Waals surface area contributed by atoms with Crippen LogP contribution in [0.5, 0.6) is 5.88 Å². The van der Waals surface area contributed by atoms with Crippen LogP contribution in [0.1, 0.15) is 58.2 Å². The number of nitrogens with one attached hydrogen (secondary N) is 2. The van der Waals surface area contributed by atoms with Gasteiger partial charge in [0.15, 0.2) is 5.69 Å². The van der Waals surface area contributed by atoms with Crippen LogP contribution in [0.15, 0.2) is 54.9 Å². The number of amides is 2. The lowest BCUT2D eigenvalue weighted by Crippen LogP contribution is -2.33. The Kier molecular flexibility index (Phi) is 7.48. The van der Waals surface area contributed by atoms with Gasteiger partial charge in [-0.15, -0.1) is 5.10 Å². The van der Waals surface area contributed by atoms with Gasteiger partial charge in [-0.1, -0.05) is 42.0 Å². The first kappa shape index (κ1) is 25.8. The maximum atomic E-state index is 13.6. The Labute approximate surface area is 224 Å². The second-order valence-corrected chi connectivity index (χ2v) is 9.54. The van der Waals surface area contributed by atoms with E-state index < -0.39 is 17.8 Å². The van der Waals surface area contributed by atoms with Gasteiger partial charge < -0.3 is 10.6 Å². The molecule has 2 aromatic carbocycles. The number of fused-ring (bicyclic) bond motifs is 1. The van der Waals surface area contributed by atoms with Gasteiger partial charge in [-0.25, -0.2) is 19.3 Å². The van der Waals surface area contributed by atoms with Crippen LogP contribution in [0.3, 0.4) is 0 Å². The molecule has 1 fully saturated rings. The molecule has 0 bridgehead atoms. The molecule has 11 heteroatoms. The third kappa shape index (κ3) is 5.87. The molecule has 11 nitrogen and oxygen atoms in total. The summed E-state index contributed by atoms with van der Waals surface area (Å²) in [6.07, 6.45) is 6.66. The number of benzene rings is 2. The topological polar surface area (TPSA) is 137 Å². The molecule has 0 spiro atoms. The van der Waals surface area contributed by atoms with Crippen LogP contribution in [-0.2, 0) is 16.2 Å². The van der Waals surface area contributed by atoms with Crippen LogP contribution in [0.25, 0.3) is 10.8 Å². The summed E-state index contributed by atoms with van der Waals surface area (Å²) >= 11 is 0. The normalized spacial score (nSPS) is 13.0. The average Bonchev–Trinajstić information content (AvgIpc) is 3.40. The molecule has 39 heavy (non-hydrogen) atoms. The molecule has 2 N–H and O–H groups in total. The van der Waals surface area contributed by atoms with Crippen molar-refractivity contribution in [1.82, 2.24) is 25.3 Å². The highest BCUT2D eigenvalue weighted by Gasteiger charge is 2.24. The van der Waals surface area contributed by atoms with Crippen LogP contribution in [-0.4, -0.2) is 44.3 Å². The summed E-state index contributed by atoms with van der Waals surface area (Å²) in [6.45, 7) is 3.88. The number of rotatable bonds is 9. The molecule has 1 saturated carbocycles. The first-order valence-electron chi connectivity index (χ1n) is 12.7. The molecule has 4 aromatic rings. The van der Waals surface area contributed by atoms with E-state index in [0.29, 0.717) is 30.1 Å². The summed E-state index contributed by atoms with van der Waals surface area (Å²) in [4.78, 5) is 51.9. The van der Waals surface area contributed by atoms with Crippen molar-refractivity contribution < 1.29 is 24.2 Å². The molecule has 0 saturated heterocycles. The maximum Gasteiger partial charge on any atom is 0.352 e. The minimum Gasteiger partial charge on any atom is -0.350 e. The number of carbonyl (C=O) groups excluding carboxylic acids is 3. The van der Waals surface area contributed by atoms with Crippen molar-refractivity contribution in [2.45, 2.75) is 39.7 Å². The lowest BCUT2D eigenvalue weighted by molar-refractivity contribution is -0.212. The summed E-state index contributed by atoms with van der Waals surface area (Å²) in [5.41, 5.74) is 2.06. The lowest BCUT2D eigenvalue weighted by atomic mass is 9.85. The van der Waals surface area contributed by atoms with Gasteiger partial charge in [0.05, 0.1) is 18.4 Å². The van der Waals surface area contributed by atoms with Gasteiger partial charge in [0.25, 0.3) is 17.7 Å². The largest absolute Gasteiger partial charge is 0.352 e. The van der Waals surface area contributed by atoms with E-state index in [0.717, 1.165) is 35.6 Å². The second kappa shape index (κ2) is 11.3. The molecule has 1 aliphatic carbocycles. The molecule has 5 rings (SSSR count). The van der Waals surface area contributed by atoms with Gasteiger partial charge in [-0.2, -0.15) is 0 Å². The predicted octanol–water partition coefficient (Wildman–Crippen LogP) is 3.82. The molecular formula is C28H28N6O5. The van der Waals surface area contributed by atoms with E-state index in [-0.39, 0.29) is 17.3 Å². The van der Waals surface area contributed by atoms with E-state index in [1.807, 2.05) is 30.3 Å². The van der Waals surface area contributed by atoms with Gasteiger partial charge in [-0.05, 0) is 54.2 Å². The van der Waals surface area contributed by atoms with Crippen molar-refractivity contribution in [3.63, 3.8) is 0 Å². The highest BCUT2D eigenvalue weighted by molar-refractivity contribution is 6.15. The Bertz CT molecular complexity index is 1530. The Morgan fingerprint density at radius 3 is 2.56 bits per heavy atom. The zero-order valence-electron chi connectivity index (χ0n) is 21.6. The number of hydrogen-bond donors (Lipinski definition) is 2. The van der Waals surface area contributed by atoms with Crippen molar-refractivity contribution in [3.05, 3.63) is 77.2 Å². The summed E-state index contributed by atoms with van der Waals surface area (Å²) in [6, 6.07) is 12.8. The van der Waals surface area contributed by atoms with E-state index in [2.05, 4.69) is 30.8 Å². The minimum atomic E-state index is -0.663. The van der Waals surface area contributed by atoms with Crippen LogP contribution in [0, 0.1) is 12.8 Å². The van der Waals surface area contributed by atoms with Crippen molar-refractivity contribution in [1.29, 1.82) is 0 Å². The SMILES string of the molecule is CC(=O)OOc1nc(C(=O)NCC2CCC2)c(NC(=O)c2ccc(Cn3ccnn3)c3ccccc23)cc1C. The van der Waals surface area contributed by atoms with Crippen LogP contribution < -0.4 is 15.5 Å². The molecular weight excluding hydrogens is 500 g/mol. The standard InChI is InChI=1S/C28H28N6O5/c1-17-14-24(25(32-28(17)39-38-18(2)35)27(37)29-15-19-6-5-7-19)31-26(36)23-11-10-20(16-34-13-12-30-33-34)21-8-3-4-9-22(21)23/h3-4,8-14,19H,5-7,15-16H2,1-2H3,(H,29,37)(H,31,36). The summed E-state index contributed by atoms with van der Waals surface area (Å²) < 4.78 is 1.71. The van der Waals surface area contributed by atoms with E-state index in [4.69, 9.17) is 4.89 Å². The number of aromatic nitrogens is 4. The Balaban J connectivity index is 1.45. The summed E-state index contributed by atoms with van der Waals surface area (Å²) in [7, 11) is 0. The fourth-order valence-electron chi connectivity index (χ4n) is 4.44. The van der Waals surface area contributed by atoms with Crippen LogP contribution in [0.4, 0.5) is 5.69 Å². The van der Waals surface area contributed by atoms with Gasteiger partial charge in [0.1, 0.15) is 0 Å². The monoisotopic (exact) mass is 528 g/mol. The van der Waals surface area contributed by atoms with E-state index in [1.54, 1.807) is 36.1 Å². The molecule has 200 valence electrons. The molecule has 0 aliphatic heterocycles. The first-order valence-corrected chi connectivity index (χ1v) is 12.7. The van der Waals surface area contributed by atoms with Crippen molar-refractivity contribution in [2.24, 2.45) is 5.92 Å². The van der Waals surface area contributed by atoms with Crippen molar-refractivity contribution in [2.75, 3.05) is 11.9 Å². The Morgan fingerprint density at radius 1 is 1.08 bits per heavy atom. The molecule has 2 amide bonds. The highest BCUT2D eigenvalue weighted by atomic mass is 17.2. The van der Waals surface area contributed by atoms with Crippen LogP contribution in [0.2, 0.25) is 0 Å². The van der Waals surface area contributed by atoms with Gasteiger partial charge >= 0.3 is 5.97 Å². The maximum absolute atomic E-state index is 13.6. The van der Waals surface area contributed by atoms with Crippen LogP contribution >= 0.6 is 0 Å². The van der Waals surface area contributed by atoms with E-state index in [9.17, 15) is 14.4 Å². The van der Waals surface area contributed by atoms with Gasteiger partial charge in [0, 0.05) is 30.8 Å². The number of hydrogen-bond acceptors (Lipinski definition) is 8. The zero-order chi connectivity index (χ0) is 27.4. The summed E-state index contributed by atoms with van der Waals surface area (Å²) in [5.74, 6) is -1.14. The quantitative estimate of drug-likeness (QED) is 0.247. The fourth-order valence-corrected chi connectivity index (χ4v) is 4.44. The number of pyridine rings is 1. The van der Waals surface area contributed by atoms with Gasteiger partial charge in [-0.3, -0.25) is 14.5 Å². The first-order chi connectivity index (χ1) is 18.9. The Morgan fingerprint density at radius 2 is 1.87 bits per heavy atom. The number of carbonyl (C=O) groups is 3. The Hall–Kier alpha value is -4.80. The molecule has 0 unspecified atom stereocenters. The smallest absolute Gasteiger partial charge is 0.350 e. The molecule has 2 aromatic heterocycles. The third-order valence-electron chi connectivity index (χ3n) is 6.71. The third-order valence-corrected chi connectivity index (χ3v) is 6.71. The van der Waals surface area contributed by atoms with Crippen molar-refractivity contribution in [3.8, 4) is 5.88 Å². The molecule has 0 radical (unpaired) electrons. The number of nitrogens with zero attached hydrogens (tertiary/aromatic N) is 4. The van der Waals surface area contributed by atoms with E-state index >= 15 is 0 Å². The summed E-state index contributed by atoms with van der Waals surface area (Å²) in [5, 5.41) is 15.3. The average molecular weight is 529 g/mol. The number of anilines is 1. The van der Waals surface area contributed by atoms with Gasteiger partial charge in [0.2, 0.25) is 0 Å². The molecule has 1 aliphatic rings. The molecule has 2 heterocycles. The van der Waals surface area contributed by atoms with E-state index in [1.165, 1.54) is 6.92 Å². The fraction of sp³-hybridized carbons (Fsp3) is 0.286. The van der Waals surface area contributed by atoms with Crippen molar-refractivity contribution >= 4 is 34.2 Å². The molecule has 0 atom stereocenters. The predicted molar refractivity (Wildman–Crippen MR) is 142 cm³/mol.